The lowest BCUT2D eigenvalue weighted by Crippen LogP contribution is -2.42. The summed E-state index contributed by atoms with van der Waals surface area (Å²) in [6.07, 6.45) is 0. The minimum atomic E-state index is -0.838. The number of aromatic nitrogens is 2. The van der Waals surface area contributed by atoms with Crippen LogP contribution in [0.1, 0.15) is 6.92 Å². The molecule has 0 unspecified atom stereocenters. The molecule has 2 aromatic rings. The normalized spacial score (nSPS) is 11.9. The summed E-state index contributed by atoms with van der Waals surface area (Å²) in [5, 5.41) is 24.2. The molecule has 5 N–H and O–H groups in total. The summed E-state index contributed by atoms with van der Waals surface area (Å²) in [6.45, 7) is 1.28. The molecule has 0 aliphatic heterocycles. The van der Waals surface area contributed by atoms with E-state index in [2.05, 4.69) is 15.3 Å². The molecule has 7 heteroatoms. The molecule has 0 radical (unpaired) electrons. The molecule has 2 heterocycles. The summed E-state index contributed by atoms with van der Waals surface area (Å²) in [5.74, 6) is 0.694. The second-order valence-electron chi connectivity index (χ2n) is 4.07. The van der Waals surface area contributed by atoms with Crippen molar-refractivity contribution in [2.24, 2.45) is 0 Å². The Kier molecular flexibility index (Phi) is 3.14. The molecule has 0 aliphatic rings. The van der Waals surface area contributed by atoms with Gasteiger partial charge in [-0.3, -0.25) is 0 Å². The monoisotopic (exact) mass is 254 g/mol. The lowest BCUT2D eigenvalue weighted by atomic mass is 10.1. The molecule has 0 spiro atoms. The van der Waals surface area contributed by atoms with Gasteiger partial charge in [0.1, 0.15) is 10.6 Å². The number of nitrogens with one attached hydrogen (secondary N) is 1. The number of anilines is 2. The fourth-order valence-corrected chi connectivity index (χ4v) is 2.15. The average Bonchev–Trinajstić information content (AvgIpc) is 2.77. The highest BCUT2D eigenvalue weighted by Crippen LogP contribution is 2.27. The van der Waals surface area contributed by atoms with Crippen LogP contribution in [-0.2, 0) is 0 Å². The molecule has 0 amide bonds. The van der Waals surface area contributed by atoms with Crippen LogP contribution in [0, 0.1) is 0 Å². The SMILES string of the molecule is CC(CO)(CO)Nc1nc(N)nc2sccc12. The lowest BCUT2D eigenvalue weighted by molar-refractivity contribution is 0.147. The van der Waals surface area contributed by atoms with E-state index in [1.807, 2.05) is 11.4 Å². The Balaban J connectivity index is 2.44. The first kappa shape index (κ1) is 12.0. The number of aliphatic hydroxyl groups is 2. The minimum absolute atomic E-state index is 0.167. The molecule has 6 nitrogen and oxygen atoms in total. The highest BCUT2D eigenvalue weighted by molar-refractivity contribution is 7.16. The van der Waals surface area contributed by atoms with E-state index in [1.54, 1.807) is 6.92 Å². The van der Waals surface area contributed by atoms with Gasteiger partial charge in [0.25, 0.3) is 0 Å². The smallest absolute Gasteiger partial charge is 0.223 e. The molecule has 0 bridgehead atoms. The van der Waals surface area contributed by atoms with Crippen LogP contribution in [0.15, 0.2) is 11.4 Å². The Morgan fingerprint density at radius 2 is 2.12 bits per heavy atom. The van der Waals surface area contributed by atoms with Crippen molar-refractivity contribution < 1.29 is 10.2 Å². The van der Waals surface area contributed by atoms with Crippen LogP contribution in [0.4, 0.5) is 11.8 Å². The molecule has 17 heavy (non-hydrogen) atoms. The fourth-order valence-electron chi connectivity index (χ4n) is 1.38. The van der Waals surface area contributed by atoms with E-state index in [0.717, 1.165) is 10.2 Å². The third-order valence-corrected chi connectivity index (χ3v) is 3.27. The summed E-state index contributed by atoms with van der Waals surface area (Å²) in [6, 6.07) is 1.87. The largest absolute Gasteiger partial charge is 0.394 e. The Morgan fingerprint density at radius 1 is 1.41 bits per heavy atom. The summed E-state index contributed by atoms with van der Waals surface area (Å²) in [7, 11) is 0. The molecule has 2 rings (SSSR count). The molecule has 92 valence electrons. The van der Waals surface area contributed by atoms with Gasteiger partial charge >= 0.3 is 0 Å². The van der Waals surface area contributed by atoms with Crippen molar-refractivity contribution in [1.29, 1.82) is 0 Å². The standard InChI is InChI=1S/C10H14N4O2S/c1-10(4-15,5-16)14-7-6-2-3-17-8(6)13-9(11)12-7/h2-3,15-16H,4-5H2,1H3,(H3,11,12,13,14). The average molecular weight is 254 g/mol. The Morgan fingerprint density at radius 3 is 2.76 bits per heavy atom. The molecule has 2 aromatic heterocycles. The highest BCUT2D eigenvalue weighted by atomic mass is 32.1. The first-order chi connectivity index (χ1) is 8.08. The zero-order valence-electron chi connectivity index (χ0n) is 9.34. The summed E-state index contributed by atoms with van der Waals surface area (Å²) >= 11 is 1.46. The van der Waals surface area contributed by atoms with E-state index in [-0.39, 0.29) is 19.2 Å². The summed E-state index contributed by atoms with van der Waals surface area (Å²) in [5.41, 5.74) is 4.77. The molecule has 0 saturated carbocycles. The first-order valence-corrected chi connectivity index (χ1v) is 5.96. The number of nitrogens with zero attached hydrogens (tertiary/aromatic N) is 2. The zero-order valence-corrected chi connectivity index (χ0v) is 10.2. The maximum Gasteiger partial charge on any atom is 0.223 e. The number of aliphatic hydroxyl groups excluding tert-OH is 2. The van der Waals surface area contributed by atoms with Gasteiger partial charge in [-0.1, -0.05) is 0 Å². The van der Waals surface area contributed by atoms with Crippen LogP contribution in [-0.4, -0.2) is 38.9 Å². The molecule has 0 aromatic carbocycles. The van der Waals surface area contributed by atoms with Crippen molar-refractivity contribution in [3.05, 3.63) is 11.4 Å². The Hall–Kier alpha value is -1.44. The van der Waals surface area contributed by atoms with Crippen molar-refractivity contribution in [2.75, 3.05) is 24.3 Å². The number of hydrogen-bond donors (Lipinski definition) is 4. The third-order valence-electron chi connectivity index (χ3n) is 2.46. The van der Waals surface area contributed by atoms with Gasteiger partial charge in [0, 0.05) is 0 Å². The van der Waals surface area contributed by atoms with Crippen LogP contribution >= 0.6 is 11.3 Å². The van der Waals surface area contributed by atoms with E-state index in [9.17, 15) is 10.2 Å². The van der Waals surface area contributed by atoms with E-state index in [4.69, 9.17) is 5.73 Å². The molecule has 0 saturated heterocycles. The number of fused-ring (bicyclic) bond motifs is 1. The van der Waals surface area contributed by atoms with Crippen molar-refractivity contribution in [2.45, 2.75) is 12.5 Å². The van der Waals surface area contributed by atoms with Gasteiger partial charge < -0.3 is 21.3 Å². The van der Waals surface area contributed by atoms with Crippen LogP contribution in [0.5, 0.6) is 0 Å². The van der Waals surface area contributed by atoms with Gasteiger partial charge in [-0.15, -0.1) is 11.3 Å². The predicted octanol–water partition coefficient (Wildman–Crippen LogP) is 0.429. The maximum absolute atomic E-state index is 9.24. The van der Waals surface area contributed by atoms with Gasteiger partial charge in [0.15, 0.2) is 0 Å². The molecular formula is C10H14N4O2S. The highest BCUT2D eigenvalue weighted by Gasteiger charge is 2.24. The van der Waals surface area contributed by atoms with Gasteiger partial charge in [-0.2, -0.15) is 4.98 Å². The second-order valence-corrected chi connectivity index (χ2v) is 4.97. The van der Waals surface area contributed by atoms with Crippen LogP contribution < -0.4 is 11.1 Å². The van der Waals surface area contributed by atoms with E-state index >= 15 is 0 Å². The fraction of sp³-hybridized carbons (Fsp3) is 0.400. The third kappa shape index (κ3) is 2.31. The van der Waals surface area contributed by atoms with Crippen LogP contribution in [0.25, 0.3) is 10.2 Å². The minimum Gasteiger partial charge on any atom is -0.394 e. The predicted molar refractivity (Wildman–Crippen MR) is 68.0 cm³/mol. The number of thiophene rings is 1. The van der Waals surface area contributed by atoms with Gasteiger partial charge in [-0.25, -0.2) is 4.98 Å². The molecule has 0 aliphatic carbocycles. The summed E-state index contributed by atoms with van der Waals surface area (Å²) < 4.78 is 0. The van der Waals surface area contributed by atoms with E-state index in [1.165, 1.54) is 11.3 Å². The number of nitrogen functional groups attached to an aromatic ring is 1. The van der Waals surface area contributed by atoms with Crippen LogP contribution in [0.2, 0.25) is 0 Å². The van der Waals surface area contributed by atoms with E-state index < -0.39 is 5.54 Å². The van der Waals surface area contributed by atoms with Crippen LogP contribution in [0.3, 0.4) is 0 Å². The first-order valence-electron chi connectivity index (χ1n) is 5.08. The zero-order chi connectivity index (χ0) is 12.5. The van der Waals surface area contributed by atoms with Crippen molar-refractivity contribution in [3.63, 3.8) is 0 Å². The van der Waals surface area contributed by atoms with Gasteiger partial charge in [0.05, 0.1) is 24.1 Å². The Bertz CT molecular complexity index is 524. The molecule has 0 atom stereocenters. The molecular weight excluding hydrogens is 240 g/mol. The second kappa shape index (κ2) is 4.44. The summed E-state index contributed by atoms with van der Waals surface area (Å²) in [4.78, 5) is 8.97. The van der Waals surface area contributed by atoms with Crippen molar-refractivity contribution in [1.82, 2.24) is 9.97 Å². The number of rotatable bonds is 4. The number of hydrogen-bond acceptors (Lipinski definition) is 7. The van der Waals surface area contributed by atoms with Crippen molar-refractivity contribution >= 4 is 33.3 Å². The molecule has 0 fully saturated rings. The van der Waals surface area contributed by atoms with E-state index in [0.29, 0.717) is 5.82 Å². The maximum atomic E-state index is 9.24. The Labute approximate surface area is 102 Å². The van der Waals surface area contributed by atoms with Crippen molar-refractivity contribution in [3.8, 4) is 0 Å². The number of nitrogens with two attached hydrogens (primary N) is 1. The van der Waals surface area contributed by atoms with Gasteiger partial charge in [0.2, 0.25) is 5.95 Å². The van der Waals surface area contributed by atoms with Gasteiger partial charge in [-0.05, 0) is 18.4 Å². The topological polar surface area (TPSA) is 104 Å². The lowest BCUT2D eigenvalue weighted by Gasteiger charge is -2.27. The quantitative estimate of drug-likeness (QED) is 0.630.